The number of nitrogens with zero attached hydrogens (tertiary/aromatic N) is 6. The summed E-state index contributed by atoms with van der Waals surface area (Å²) >= 11 is 8.15. The van der Waals surface area contributed by atoms with Gasteiger partial charge in [-0.25, -0.2) is 14.4 Å². The Morgan fingerprint density at radius 2 is 1.87 bits per heavy atom. The maximum absolute atomic E-state index is 16.9. The molecular formula is C40H41ClF2N6O5S. The van der Waals surface area contributed by atoms with Gasteiger partial charge in [-0.3, -0.25) is 14.4 Å². The largest absolute Gasteiger partial charge is 0.491 e. The number of halogens is 3. The SMILES string of the molecule is [2H]C([2H])(Oc1ccccc1[C@@H](F)[C@H](Oc1ncnc2sc(-c3ccc(F)o3)c(-c3ccc(OCCN4CCN(C)CC4)c(Cl)c3C)c12)C(C)=O)c1ccnn1CC. The normalized spacial score (nSPS) is 15.8. The third-order valence-corrected chi connectivity index (χ3v) is 11.1. The molecule has 0 bridgehead atoms. The molecule has 1 aliphatic heterocycles. The predicted octanol–water partition coefficient (Wildman–Crippen LogP) is 8.19. The van der Waals surface area contributed by atoms with Crippen LogP contribution in [0.1, 0.15) is 39.6 Å². The maximum Gasteiger partial charge on any atom is 0.278 e. The van der Waals surface area contributed by atoms with Gasteiger partial charge in [0.2, 0.25) is 5.88 Å². The summed E-state index contributed by atoms with van der Waals surface area (Å²) in [6, 6.07) is 12.9. The van der Waals surface area contributed by atoms with Crippen LogP contribution in [-0.2, 0) is 17.9 Å². The molecule has 1 aliphatic rings. The molecule has 0 saturated carbocycles. The van der Waals surface area contributed by atoms with E-state index in [2.05, 4.69) is 31.9 Å². The van der Waals surface area contributed by atoms with Crippen LogP contribution < -0.4 is 14.2 Å². The molecule has 2 aromatic carbocycles. The minimum Gasteiger partial charge on any atom is -0.491 e. The molecule has 4 aromatic heterocycles. The molecule has 0 N–H and O–H groups in total. The third-order valence-electron chi connectivity index (χ3n) is 9.53. The van der Waals surface area contributed by atoms with Crippen molar-refractivity contribution in [3.05, 3.63) is 95.0 Å². The maximum atomic E-state index is 16.9. The highest BCUT2D eigenvalue weighted by atomic mass is 35.5. The van der Waals surface area contributed by atoms with Crippen LogP contribution >= 0.6 is 22.9 Å². The fourth-order valence-electron chi connectivity index (χ4n) is 6.47. The van der Waals surface area contributed by atoms with E-state index in [0.29, 0.717) is 55.7 Å². The Labute approximate surface area is 329 Å². The van der Waals surface area contributed by atoms with E-state index < -0.39 is 30.6 Å². The van der Waals surface area contributed by atoms with Gasteiger partial charge in [-0.15, -0.1) is 11.3 Å². The van der Waals surface area contributed by atoms with Crippen LogP contribution in [0.25, 0.3) is 32.0 Å². The first-order chi connectivity index (χ1) is 27.4. The zero-order valence-electron chi connectivity index (χ0n) is 32.7. The van der Waals surface area contributed by atoms with Gasteiger partial charge in [-0.2, -0.15) is 9.49 Å². The van der Waals surface area contributed by atoms with Crippen LogP contribution in [0.5, 0.6) is 17.4 Å². The number of benzene rings is 2. The number of alkyl halides is 1. The van der Waals surface area contributed by atoms with Gasteiger partial charge in [0.1, 0.15) is 41.6 Å². The van der Waals surface area contributed by atoms with Gasteiger partial charge in [0.25, 0.3) is 6.01 Å². The van der Waals surface area contributed by atoms with Crippen molar-refractivity contribution < 1.29 is 34.9 Å². The van der Waals surface area contributed by atoms with E-state index in [1.807, 2.05) is 19.9 Å². The molecule has 0 amide bonds. The number of likely N-dealkylation sites (N-methyl/N-ethyl adjacent to an activating group) is 1. The average Bonchev–Trinajstić information content (AvgIpc) is 3.95. The van der Waals surface area contributed by atoms with Crippen LogP contribution in [0.3, 0.4) is 0 Å². The number of furan rings is 1. The van der Waals surface area contributed by atoms with Crippen LogP contribution in [-0.4, -0.2) is 87.8 Å². The number of carbonyl (C=O) groups excluding carboxylic acids is 1. The Morgan fingerprint density at radius 3 is 2.62 bits per heavy atom. The summed E-state index contributed by atoms with van der Waals surface area (Å²) in [5.74, 6) is -0.215. The van der Waals surface area contributed by atoms with E-state index >= 15 is 4.39 Å². The van der Waals surface area contributed by atoms with E-state index in [1.54, 1.807) is 18.2 Å². The smallest absolute Gasteiger partial charge is 0.278 e. The molecule has 0 spiro atoms. The number of fused-ring (bicyclic) bond motifs is 1. The van der Waals surface area contributed by atoms with Gasteiger partial charge in [-0.1, -0.05) is 35.9 Å². The number of ether oxygens (including phenoxy) is 3. The molecule has 0 aliphatic carbocycles. The van der Waals surface area contributed by atoms with Gasteiger partial charge in [0.15, 0.2) is 18.1 Å². The van der Waals surface area contributed by atoms with Gasteiger partial charge in [-0.05, 0) is 63.2 Å². The number of thiophene rings is 1. The topological polar surface area (TPSA) is 108 Å². The molecule has 0 radical (unpaired) electrons. The third kappa shape index (κ3) is 8.23. The Bertz CT molecular complexity index is 2380. The lowest BCUT2D eigenvalue weighted by molar-refractivity contribution is -0.126. The predicted molar refractivity (Wildman–Crippen MR) is 207 cm³/mol. The number of hydrogen-bond donors (Lipinski definition) is 0. The Morgan fingerprint density at radius 1 is 1.07 bits per heavy atom. The first-order valence-corrected chi connectivity index (χ1v) is 19.0. The fraction of sp³-hybridized carbons (Fsp3) is 0.350. The van der Waals surface area contributed by atoms with Gasteiger partial charge < -0.3 is 23.5 Å². The first kappa shape index (κ1) is 35.8. The summed E-state index contributed by atoms with van der Waals surface area (Å²) in [6.45, 7) is 7.88. The van der Waals surface area contributed by atoms with E-state index in [1.165, 1.54) is 65.8 Å². The second-order valence-electron chi connectivity index (χ2n) is 13.1. The van der Waals surface area contributed by atoms with Crippen molar-refractivity contribution in [1.29, 1.82) is 0 Å². The summed E-state index contributed by atoms with van der Waals surface area (Å²) in [7, 11) is 2.11. The lowest BCUT2D eigenvalue weighted by Gasteiger charge is -2.32. The Kier molecular flexibility index (Phi) is 11.0. The summed E-state index contributed by atoms with van der Waals surface area (Å²) in [6.07, 6.45) is -1.20. The molecule has 1 fully saturated rings. The van der Waals surface area contributed by atoms with Crippen molar-refractivity contribution in [3.63, 3.8) is 0 Å². The highest BCUT2D eigenvalue weighted by Crippen LogP contribution is 2.50. The molecule has 6 aromatic rings. The minimum absolute atomic E-state index is 0.113. The van der Waals surface area contributed by atoms with Gasteiger partial charge in [0.05, 0.1) is 23.7 Å². The number of piperazine rings is 1. The number of hydrogen-bond acceptors (Lipinski definition) is 11. The van der Waals surface area contributed by atoms with Gasteiger partial charge >= 0.3 is 0 Å². The first-order valence-electron chi connectivity index (χ1n) is 18.8. The summed E-state index contributed by atoms with van der Waals surface area (Å²) in [5.41, 5.74) is 1.74. The zero-order valence-corrected chi connectivity index (χ0v) is 32.3. The second-order valence-corrected chi connectivity index (χ2v) is 14.5. The number of aryl methyl sites for hydroxylation is 1. The number of para-hydroxylation sites is 1. The molecule has 15 heteroatoms. The summed E-state index contributed by atoms with van der Waals surface area (Å²) < 4.78 is 73.6. The number of ketones is 1. The average molecular weight is 793 g/mol. The monoisotopic (exact) mass is 792 g/mol. The molecule has 1 saturated heterocycles. The standard InChI is InChI=1S/C40H41ClF2N6O5S/c1-5-49-26(14-15-46-49)22-52-29-9-7-6-8-28(29)36(43)37(25(3)50)54-39-34-33(38(31-12-13-32(42)53-31)55-40(34)45-23-44-39)27-10-11-30(35(41)24(27)2)51-21-20-48-18-16-47(4)17-19-48/h6-15,23,36-37H,5,16-22H2,1-4H3/t36-,37-/m1/s1/i22D2. The van der Waals surface area contributed by atoms with Crippen molar-refractivity contribution in [3.8, 4) is 39.1 Å². The van der Waals surface area contributed by atoms with E-state index in [-0.39, 0.29) is 28.6 Å². The molecular weight excluding hydrogens is 750 g/mol. The van der Waals surface area contributed by atoms with Crippen LogP contribution in [0.15, 0.2) is 71.5 Å². The molecule has 5 heterocycles. The van der Waals surface area contributed by atoms with Crippen molar-refractivity contribution in [1.82, 2.24) is 29.5 Å². The Hall–Kier alpha value is -4.89. The highest BCUT2D eigenvalue weighted by molar-refractivity contribution is 7.22. The van der Waals surface area contributed by atoms with Crippen LogP contribution in [0.2, 0.25) is 5.02 Å². The number of carbonyl (C=O) groups is 1. The minimum atomic E-state index is -2.40. The molecule has 0 unspecified atom stereocenters. The van der Waals surface area contributed by atoms with Crippen LogP contribution in [0.4, 0.5) is 8.78 Å². The summed E-state index contributed by atoms with van der Waals surface area (Å²) in [4.78, 5) is 27.6. The van der Waals surface area contributed by atoms with Crippen molar-refractivity contribution >= 4 is 38.9 Å². The van der Waals surface area contributed by atoms with Crippen molar-refractivity contribution in [2.45, 2.75) is 46.2 Å². The zero-order chi connectivity index (χ0) is 40.4. The lowest BCUT2D eigenvalue weighted by atomic mass is 9.97. The quantitative estimate of drug-likeness (QED) is 0.101. The summed E-state index contributed by atoms with van der Waals surface area (Å²) in [5, 5.41) is 4.81. The number of rotatable bonds is 15. The van der Waals surface area contributed by atoms with Crippen molar-refractivity contribution in [2.24, 2.45) is 0 Å². The van der Waals surface area contributed by atoms with Crippen LogP contribution in [0, 0.1) is 12.9 Å². The second kappa shape index (κ2) is 16.9. The Balaban J connectivity index is 1.24. The molecule has 11 nitrogen and oxygen atoms in total. The van der Waals surface area contributed by atoms with E-state index in [4.69, 9.17) is 33.0 Å². The molecule has 288 valence electrons. The molecule has 7 rings (SSSR count). The fourth-order valence-corrected chi connectivity index (χ4v) is 7.80. The number of Topliss-reactive ketones (excluding diaryl/α,β-unsaturated/α-hetero) is 1. The van der Waals surface area contributed by atoms with E-state index in [0.717, 1.165) is 32.7 Å². The lowest BCUT2D eigenvalue weighted by Crippen LogP contribution is -2.45. The van der Waals surface area contributed by atoms with E-state index in [9.17, 15) is 9.18 Å². The van der Waals surface area contributed by atoms with Crippen molar-refractivity contribution in [2.75, 3.05) is 46.4 Å². The molecule has 2 atom stereocenters. The van der Waals surface area contributed by atoms with Gasteiger partial charge in [0, 0.05) is 62.7 Å². The number of aromatic nitrogens is 4. The highest BCUT2D eigenvalue weighted by Gasteiger charge is 2.34. The molecule has 55 heavy (non-hydrogen) atoms.